The Labute approximate surface area is 115 Å². The standard InChI is InChI=1S/C16H21NO2/c1-4-16(2,18-3)8-7-12-5-6-15-13(9-12)10-14(17)11-19-15/h5-6,9,14H,4,10-11,17H2,1-3H3. The Bertz CT molecular complexity index is 509. The van der Waals surface area contributed by atoms with E-state index in [9.17, 15) is 0 Å². The zero-order valence-electron chi connectivity index (χ0n) is 11.8. The van der Waals surface area contributed by atoms with Crippen molar-refractivity contribution >= 4 is 0 Å². The molecule has 1 aliphatic rings. The molecule has 2 rings (SSSR count). The van der Waals surface area contributed by atoms with Crippen LogP contribution in [0.3, 0.4) is 0 Å². The SMILES string of the molecule is CCC(C)(C#Cc1ccc2c(c1)CC(N)CO2)OC. The van der Waals surface area contributed by atoms with Gasteiger partial charge in [-0.05, 0) is 43.5 Å². The summed E-state index contributed by atoms with van der Waals surface area (Å²) in [6, 6.07) is 6.10. The third-order valence-electron chi connectivity index (χ3n) is 3.59. The molecule has 1 aromatic carbocycles. The summed E-state index contributed by atoms with van der Waals surface area (Å²) in [4.78, 5) is 0. The first-order chi connectivity index (χ1) is 9.06. The lowest BCUT2D eigenvalue weighted by molar-refractivity contribution is 0.0543. The molecule has 0 aliphatic carbocycles. The van der Waals surface area contributed by atoms with Gasteiger partial charge in [0, 0.05) is 18.7 Å². The molecule has 3 nitrogen and oxygen atoms in total. The van der Waals surface area contributed by atoms with Gasteiger partial charge < -0.3 is 15.2 Å². The van der Waals surface area contributed by atoms with Gasteiger partial charge in [-0.15, -0.1) is 0 Å². The molecule has 0 amide bonds. The molecule has 0 bridgehead atoms. The fourth-order valence-electron chi connectivity index (χ4n) is 1.98. The number of benzene rings is 1. The van der Waals surface area contributed by atoms with Gasteiger partial charge in [0.25, 0.3) is 0 Å². The lowest BCUT2D eigenvalue weighted by Crippen LogP contribution is -2.33. The average Bonchev–Trinajstić information content (AvgIpc) is 2.44. The Morgan fingerprint density at radius 2 is 2.32 bits per heavy atom. The van der Waals surface area contributed by atoms with Gasteiger partial charge in [-0.3, -0.25) is 0 Å². The largest absolute Gasteiger partial charge is 0.492 e. The van der Waals surface area contributed by atoms with Crippen molar-refractivity contribution < 1.29 is 9.47 Å². The molecule has 1 aromatic rings. The minimum absolute atomic E-state index is 0.0793. The number of methoxy groups -OCH3 is 1. The van der Waals surface area contributed by atoms with E-state index in [-0.39, 0.29) is 11.6 Å². The van der Waals surface area contributed by atoms with Crippen LogP contribution in [0.1, 0.15) is 31.4 Å². The molecule has 0 fully saturated rings. The third kappa shape index (κ3) is 3.28. The number of hydrogen-bond donors (Lipinski definition) is 1. The van der Waals surface area contributed by atoms with Gasteiger partial charge in [-0.2, -0.15) is 0 Å². The highest BCUT2D eigenvalue weighted by molar-refractivity contribution is 5.46. The van der Waals surface area contributed by atoms with Crippen LogP contribution in [-0.2, 0) is 11.2 Å². The quantitative estimate of drug-likeness (QED) is 0.827. The van der Waals surface area contributed by atoms with Gasteiger partial charge in [-0.25, -0.2) is 0 Å². The van der Waals surface area contributed by atoms with E-state index in [4.69, 9.17) is 15.2 Å². The molecule has 0 saturated heterocycles. The van der Waals surface area contributed by atoms with Gasteiger partial charge in [0.15, 0.2) is 0 Å². The lowest BCUT2D eigenvalue weighted by Gasteiger charge is -2.22. The Morgan fingerprint density at radius 1 is 1.53 bits per heavy atom. The van der Waals surface area contributed by atoms with Gasteiger partial charge in [0.1, 0.15) is 18.0 Å². The summed E-state index contributed by atoms with van der Waals surface area (Å²) in [5.74, 6) is 7.29. The van der Waals surface area contributed by atoms with Crippen LogP contribution in [0.5, 0.6) is 5.75 Å². The maximum absolute atomic E-state index is 5.90. The Kier molecular flexibility index (Phi) is 4.14. The number of nitrogens with two attached hydrogens (primary N) is 1. The summed E-state index contributed by atoms with van der Waals surface area (Å²) in [6.07, 6.45) is 1.70. The molecule has 1 aliphatic heterocycles. The summed E-state index contributed by atoms with van der Waals surface area (Å²) < 4.78 is 11.0. The number of fused-ring (bicyclic) bond motifs is 1. The lowest BCUT2D eigenvalue weighted by atomic mass is 9.99. The number of rotatable bonds is 2. The first kappa shape index (κ1) is 13.9. The maximum Gasteiger partial charge on any atom is 0.125 e. The average molecular weight is 259 g/mol. The zero-order valence-corrected chi connectivity index (χ0v) is 11.8. The molecule has 19 heavy (non-hydrogen) atoms. The normalized spacial score (nSPS) is 20.5. The fraction of sp³-hybridized carbons (Fsp3) is 0.500. The summed E-state index contributed by atoms with van der Waals surface area (Å²) in [6.45, 7) is 4.66. The Balaban J connectivity index is 2.23. The Hall–Kier alpha value is -1.50. The molecule has 0 saturated carbocycles. The van der Waals surface area contributed by atoms with E-state index < -0.39 is 0 Å². The second-order valence-electron chi connectivity index (χ2n) is 5.14. The van der Waals surface area contributed by atoms with Crippen LogP contribution >= 0.6 is 0 Å². The van der Waals surface area contributed by atoms with Crippen LogP contribution in [0.2, 0.25) is 0 Å². The van der Waals surface area contributed by atoms with E-state index in [0.29, 0.717) is 6.61 Å². The van der Waals surface area contributed by atoms with Crippen molar-refractivity contribution in [2.45, 2.75) is 38.3 Å². The van der Waals surface area contributed by atoms with E-state index in [1.54, 1.807) is 7.11 Å². The van der Waals surface area contributed by atoms with Crippen LogP contribution in [0, 0.1) is 11.8 Å². The van der Waals surface area contributed by atoms with E-state index >= 15 is 0 Å². The number of ether oxygens (including phenoxy) is 2. The molecule has 2 N–H and O–H groups in total. The molecular weight excluding hydrogens is 238 g/mol. The van der Waals surface area contributed by atoms with Crippen LogP contribution in [0.4, 0.5) is 0 Å². The maximum atomic E-state index is 5.90. The van der Waals surface area contributed by atoms with Gasteiger partial charge in [-0.1, -0.05) is 18.8 Å². The minimum Gasteiger partial charge on any atom is -0.492 e. The summed E-state index contributed by atoms with van der Waals surface area (Å²) in [5, 5.41) is 0. The second-order valence-corrected chi connectivity index (χ2v) is 5.14. The van der Waals surface area contributed by atoms with Crippen LogP contribution < -0.4 is 10.5 Å². The molecule has 102 valence electrons. The van der Waals surface area contributed by atoms with Crippen molar-refractivity contribution in [3.05, 3.63) is 29.3 Å². The van der Waals surface area contributed by atoms with E-state index in [2.05, 4.69) is 24.8 Å². The first-order valence-electron chi connectivity index (χ1n) is 6.66. The van der Waals surface area contributed by atoms with Gasteiger partial charge in [0.2, 0.25) is 0 Å². The molecule has 2 atom stereocenters. The smallest absolute Gasteiger partial charge is 0.125 e. The minimum atomic E-state index is -0.386. The molecular formula is C16H21NO2. The summed E-state index contributed by atoms with van der Waals surface area (Å²) in [7, 11) is 1.69. The molecule has 1 heterocycles. The van der Waals surface area contributed by atoms with Gasteiger partial charge in [0.05, 0.1) is 0 Å². The predicted molar refractivity (Wildman–Crippen MR) is 76.2 cm³/mol. The van der Waals surface area contributed by atoms with Crippen molar-refractivity contribution in [2.75, 3.05) is 13.7 Å². The predicted octanol–water partition coefficient (Wildman–Crippen LogP) is 2.12. The highest BCUT2D eigenvalue weighted by Gasteiger charge is 2.18. The fourth-order valence-corrected chi connectivity index (χ4v) is 1.98. The topological polar surface area (TPSA) is 44.5 Å². The van der Waals surface area contributed by atoms with Gasteiger partial charge >= 0.3 is 0 Å². The third-order valence-corrected chi connectivity index (χ3v) is 3.59. The Morgan fingerprint density at radius 3 is 3.00 bits per heavy atom. The van der Waals surface area contributed by atoms with Crippen molar-refractivity contribution in [3.63, 3.8) is 0 Å². The number of hydrogen-bond acceptors (Lipinski definition) is 3. The summed E-state index contributed by atoms with van der Waals surface area (Å²) in [5.41, 5.74) is 7.64. The summed E-state index contributed by atoms with van der Waals surface area (Å²) >= 11 is 0. The second kappa shape index (κ2) is 5.64. The van der Waals surface area contributed by atoms with E-state index in [1.165, 1.54) is 0 Å². The molecule has 0 aromatic heterocycles. The van der Waals surface area contributed by atoms with E-state index in [0.717, 1.165) is 29.7 Å². The first-order valence-corrected chi connectivity index (χ1v) is 6.66. The molecule has 0 spiro atoms. The molecule has 3 heteroatoms. The monoisotopic (exact) mass is 259 g/mol. The van der Waals surface area contributed by atoms with Crippen molar-refractivity contribution in [2.24, 2.45) is 5.73 Å². The highest BCUT2D eigenvalue weighted by atomic mass is 16.5. The molecule has 2 unspecified atom stereocenters. The van der Waals surface area contributed by atoms with Crippen LogP contribution in [-0.4, -0.2) is 25.4 Å². The van der Waals surface area contributed by atoms with Crippen LogP contribution in [0.15, 0.2) is 18.2 Å². The zero-order chi connectivity index (χ0) is 13.9. The highest BCUT2D eigenvalue weighted by Crippen LogP contribution is 2.25. The van der Waals surface area contributed by atoms with E-state index in [1.807, 2.05) is 19.1 Å². The van der Waals surface area contributed by atoms with Crippen molar-refractivity contribution in [1.29, 1.82) is 0 Å². The molecule has 0 radical (unpaired) electrons. The van der Waals surface area contributed by atoms with Crippen molar-refractivity contribution in [3.8, 4) is 17.6 Å². The van der Waals surface area contributed by atoms with Crippen LogP contribution in [0.25, 0.3) is 0 Å². The van der Waals surface area contributed by atoms with Crippen molar-refractivity contribution in [1.82, 2.24) is 0 Å².